The number of aromatic hydroxyl groups is 1. The smallest absolute Gasteiger partial charge is 0.218 e. The third-order valence-electron chi connectivity index (χ3n) is 5.05. The van der Waals surface area contributed by atoms with Crippen LogP contribution in [0.5, 0.6) is 5.88 Å². The van der Waals surface area contributed by atoms with Gasteiger partial charge in [-0.2, -0.15) is 0 Å². The van der Waals surface area contributed by atoms with Crippen LogP contribution in [0.2, 0.25) is 0 Å². The van der Waals surface area contributed by atoms with Gasteiger partial charge in [0.1, 0.15) is 11.2 Å². The lowest BCUT2D eigenvalue weighted by atomic mass is 10.0. The minimum atomic E-state index is -0.00440. The maximum Gasteiger partial charge on any atom is 0.218 e. The molecule has 0 radical (unpaired) electrons. The Kier molecular flexibility index (Phi) is 4.52. The van der Waals surface area contributed by atoms with Crippen LogP contribution in [-0.4, -0.2) is 20.1 Å². The van der Waals surface area contributed by atoms with E-state index in [2.05, 4.69) is 51.2 Å². The molecule has 0 saturated carbocycles. The molecule has 3 aromatic heterocycles. The lowest BCUT2D eigenvalue weighted by Gasteiger charge is -2.04. The predicted octanol–water partition coefficient (Wildman–Crippen LogP) is 7.08. The fourth-order valence-electron chi connectivity index (χ4n) is 3.41. The van der Waals surface area contributed by atoms with Gasteiger partial charge in [0, 0.05) is 10.3 Å². The van der Waals surface area contributed by atoms with Crippen molar-refractivity contribution in [3.8, 4) is 16.3 Å². The summed E-state index contributed by atoms with van der Waals surface area (Å²) in [4.78, 5) is 13.6. The lowest BCUT2D eigenvalue weighted by molar-refractivity contribution is 0.459. The second-order valence-electron chi connectivity index (χ2n) is 7.37. The van der Waals surface area contributed by atoms with Crippen molar-refractivity contribution in [2.24, 2.45) is 10.2 Å². The molecule has 0 atom stereocenters. The summed E-state index contributed by atoms with van der Waals surface area (Å²) < 4.78 is 0. The summed E-state index contributed by atoms with van der Waals surface area (Å²) in [6.45, 7) is 4.26. The molecule has 0 aliphatic rings. The van der Waals surface area contributed by atoms with Crippen molar-refractivity contribution in [1.29, 1.82) is 0 Å². The van der Waals surface area contributed by atoms with Gasteiger partial charge in [0.25, 0.3) is 0 Å². The van der Waals surface area contributed by atoms with Gasteiger partial charge in [0.05, 0.1) is 10.9 Å². The van der Waals surface area contributed by atoms with Crippen molar-refractivity contribution >= 4 is 44.0 Å². The van der Waals surface area contributed by atoms with Crippen LogP contribution in [0.1, 0.15) is 25.3 Å². The average molecular weight is 414 g/mol. The van der Waals surface area contributed by atoms with Gasteiger partial charge in [-0.25, -0.2) is 9.97 Å². The molecule has 0 aliphatic heterocycles. The molecule has 0 saturated heterocycles. The molecule has 3 heterocycles. The van der Waals surface area contributed by atoms with Gasteiger partial charge in [-0.3, -0.25) is 0 Å². The van der Waals surface area contributed by atoms with Crippen LogP contribution in [0.4, 0.5) is 11.5 Å². The maximum atomic E-state index is 10.4. The van der Waals surface area contributed by atoms with E-state index < -0.39 is 0 Å². The molecule has 0 spiro atoms. The van der Waals surface area contributed by atoms with Crippen molar-refractivity contribution in [1.82, 2.24) is 15.0 Å². The number of nitrogens with one attached hydrogen (secondary N) is 1. The molecule has 0 unspecified atom stereocenters. The number of H-pyrrole nitrogens is 1. The van der Waals surface area contributed by atoms with E-state index in [0.29, 0.717) is 17.4 Å². The number of thiophene rings is 1. The molecule has 0 bridgehead atoms. The second-order valence-corrected chi connectivity index (χ2v) is 8.41. The van der Waals surface area contributed by atoms with E-state index in [4.69, 9.17) is 0 Å². The molecular formula is C23H19N5OS. The zero-order chi connectivity index (χ0) is 20.7. The van der Waals surface area contributed by atoms with E-state index in [1.807, 2.05) is 42.5 Å². The van der Waals surface area contributed by atoms with Crippen LogP contribution in [0.25, 0.3) is 31.6 Å². The van der Waals surface area contributed by atoms with Gasteiger partial charge in [0.2, 0.25) is 5.88 Å². The van der Waals surface area contributed by atoms with Crippen LogP contribution in [0.3, 0.4) is 0 Å². The van der Waals surface area contributed by atoms with Gasteiger partial charge in [-0.15, -0.1) is 21.6 Å². The summed E-state index contributed by atoms with van der Waals surface area (Å²) in [6.07, 6.45) is 1.49. The Balaban J connectivity index is 1.58. The lowest BCUT2D eigenvalue weighted by Crippen LogP contribution is -1.85. The normalized spacial score (nSPS) is 12.0. The fourth-order valence-corrected chi connectivity index (χ4v) is 4.41. The van der Waals surface area contributed by atoms with Crippen LogP contribution in [-0.2, 0) is 0 Å². The first-order valence-electron chi connectivity index (χ1n) is 9.66. The first kappa shape index (κ1) is 18.4. The first-order chi connectivity index (χ1) is 14.6. The number of aromatic nitrogens is 3. The highest BCUT2D eigenvalue weighted by Crippen LogP contribution is 2.39. The van der Waals surface area contributed by atoms with E-state index >= 15 is 0 Å². The van der Waals surface area contributed by atoms with Crippen LogP contribution >= 0.6 is 11.3 Å². The van der Waals surface area contributed by atoms with Crippen molar-refractivity contribution in [3.63, 3.8) is 0 Å². The van der Waals surface area contributed by atoms with Gasteiger partial charge in [0.15, 0.2) is 11.5 Å². The zero-order valence-electron chi connectivity index (χ0n) is 16.5. The van der Waals surface area contributed by atoms with Gasteiger partial charge in [-0.05, 0) is 35.2 Å². The molecule has 7 heteroatoms. The standard InChI is InChI=1S/C23H19N5OS/c1-13(2)15-8-9-18-16(10-15)20(22(29)26-18)27-28-21-17-11-19(14-6-4-3-5-7-14)30-23(17)25-12-24-21/h3-13,26,29H,1-2H3. The summed E-state index contributed by atoms with van der Waals surface area (Å²) in [5, 5.41) is 20.8. The molecule has 6 nitrogen and oxygen atoms in total. The zero-order valence-corrected chi connectivity index (χ0v) is 17.3. The van der Waals surface area contributed by atoms with Crippen molar-refractivity contribution in [2.45, 2.75) is 19.8 Å². The van der Waals surface area contributed by atoms with Crippen molar-refractivity contribution in [2.75, 3.05) is 0 Å². The third kappa shape index (κ3) is 3.23. The first-order valence-corrected chi connectivity index (χ1v) is 10.5. The summed E-state index contributed by atoms with van der Waals surface area (Å²) >= 11 is 1.59. The monoisotopic (exact) mass is 413 g/mol. The number of nitrogens with zero attached hydrogens (tertiary/aromatic N) is 4. The number of fused-ring (bicyclic) bond motifs is 2. The molecule has 30 heavy (non-hydrogen) atoms. The minimum Gasteiger partial charge on any atom is -0.493 e. The topological polar surface area (TPSA) is 86.5 Å². The van der Waals surface area contributed by atoms with Gasteiger partial charge >= 0.3 is 0 Å². The van der Waals surface area contributed by atoms with Gasteiger partial charge in [-0.1, -0.05) is 50.2 Å². The van der Waals surface area contributed by atoms with Crippen LogP contribution < -0.4 is 0 Å². The Labute approximate surface area is 177 Å². The number of rotatable bonds is 4. The number of aromatic amines is 1. The van der Waals surface area contributed by atoms with Crippen molar-refractivity contribution in [3.05, 3.63) is 66.5 Å². The largest absolute Gasteiger partial charge is 0.493 e. The third-order valence-corrected chi connectivity index (χ3v) is 6.15. The molecule has 2 aromatic carbocycles. The van der Waals surface area contributed by atoms with Crippen molar-refractivity contribution < 1.29 is 5.11 Å². The Morgan fingerprint density at radius 1 is 0.967 bits per heavy atom. The van der Waals surface area contributed by atoms with E-state index in [1.54, 1.807) is 11.3 Å². The fraction of sp³-hybridized carbons (Fsp3) is 0.130. The highest BCUT2D eigenvalue weighted by Gasteiger charge is 2.14. The molecule has 0 amide bonds. The van der Waals surface area contributed by atoms with Crippen LogP contribution in [0, 0.1) is 0 Å². The number of azo groups is 1. The quantitative estimate of drug-likeness (QED) is 0.308. The summed E-state index contributed by atoms with van der Waals surface area (Å²) in [7, 11) is 0. The predicted molar refractivity (Wildman–Crippen MR) is 121 cm³/mol. The summed E-state index contributed by atoms with van der Waals surface area (Å²) in [5.41, 5.74) is 3.53. The Bertz CT molecular complexity index is 1390. The van der Waals surface area contributed by atoms with E-state index in [9.17, 15) is 5.11 Å². The molecule has 5 aromatic rings. The summed E-state index contributed by atoms with van der Waals surface area (Å²) in [5.74, 6) is 0.849. The highest BCUT2D eigenvalue weighted by atomic mass is 32.1. The Morgan fingerprint density at radius 3 is 2.60 bits per heavy atom. The van der Waals surface area contributed by atoms with Crippen LogP contribution in [0.15, 0.2) is 71.2 Å². The maximum absolute atomic E-state index is 10.4. The molecule has 5 rings (SSSR count). The van der Waals surface area contributed by atoms with E-state index in [0.717, 1.165) is 31.6 Å². The Morgan fingerprint density at radius 2 is 1.80 bits per heavy atom. The van der Waals surface area contributed by atoms with Gasteiger partial charge < -0.3 is 10.1 Å². The average Bonchev–Trinajstić information content (AvgIpc) is 3.33. The summed E-state index contributed by atoms with van der Waals surface area (Å²) in [6, 6.07) is 18.2. The molecule has 0 fully saturated rings. The Hall–Kier alpha value is -3.58. The number of hydrogen-bond donors (Lipinski definition) is 2. The number of benzene rings is 2. The molecule has 2 N–H and O–H groups in total. The van der Waals surface area contributed by atoms with E-state index in [1.165, 1.54) is 11.9 Å². The molecular weight excluding hydrogens is 394 g/mol. The molecule has 0 aliphatic carbocycles. The second kappa shape index (κ2) is 7.35. The SMILES string of the molecule is CC(C)c1ccc2[nH]c(O)c(N=Nc3ncnc4sc(-c5ccccc5)cc34)c2c1. The minimum absolute atomic E-state index is 0.00440. The number of hydrogen-bond acceptors (Lipinski definition) is 6. The highest BCUT2D eigenvalue weighted by molar-refractivity contribution is 7.21. The van der Waals surface area contributed by atoms with E-state index in [-0.39, 0.29) is 5.88 Å². The molecule has 148 valence electrons.